The molecule has 0 aromatic heterocycles. The quantitative estimate of drug-likeness (QED) is 0.572. The average Bonchev–Trinajstić information content (AvgIpc) is 1.87. The Hall–Kier alpha value is -1.05. The normalized spacial score (nSPS) is 11.1. The maximum atomic E-state index is 10.7. The molecule has 2 heteroatoms. The minimum Gasteiger partial charge on any atom is -0.296 e. The Morgan fingerprint density at radius 1 is 1.20 bits per heavy atom. The molecule has 56 valence electrons. The summed E-state index contributed by atoms with van der Waals surface area (Å²) < 4.78 is 0. The Balaban J connectivity index is 4.11. The minimum atomic E-state index is 0.0243. The van der Waals surface area contributed by atoms with Crippen LogP contribution in [-0.2, 0) is 4.79 Å². The van der Waals surface area contributed by atoms with Crippen LogP contribution in [0.3, 0.4) is 0 Å². The zero-order valence-corrected chi connectivity index (χ0v) is 6.66. The van der Waals surface area contributed by atoms with Gasteiger partial charge in [0, 0.05) is 19.3 Å². The van der Waals surface area contributed by atoms with Gasteiger partial charge in [-0.1, -0.05) is 12.2 Å². The first-order valence-electron chi connectivity index (χ1n) is 3.27. The highest BCUT2D eigenvalue weighted by Gasteiger charge is 1.96. The summed E-state index contributed by atoms with van der Waals surface area (Å²) in [6.45, 7) is 5.28. The monoisotopic (exact) mass is 139 g/mol. The molecule has 1 amide bonds. The number of carbonyl (C=O) groups excluding carboxylic acids is 1. The van der Waals surface area contributed by atoms with Gasteiger partial charge in [-0.15, -0.1) is 0 Å². The third kappa shape index (κ3) is 3.07. The van der Waals surface area contributed by atoms with E-state index in [1.54, 1.807) is 12.4 Å². The van der Waals surface area contributed by atoms with Crippen molar-refractivity contribution in [2.24, 2.45) is 0 Å². The molecule has 0 rings (SSSR count). The predicted octanol–water partition coefficient (Wildman–Crippen LogP) is 1.90. The largest absolute Gasteiger partial charge is 0.296 e. The summed E-state index contributed by atoms with van der Waals surface area (Å²) in [5.41, 5.74) is 0. The van der Waals surface area contributed by atoms with Gasteiger partial charge in [0.05, 0.1) is 0 Å². The van der Waals surface area contributed by atoms with Crippen LogP contribution < -0.4 is 0 Å². The molecule has 0 fully saturated rings. The van der Waals surface area contributed by atoms with Crippen LogP contribution in [0.5, 0.6) is 0 Å². The van der Waals surface area contributed by atoms with E-state index in [1.807, 2.05) is 26.0 Å². The lowest BCUT2D eigenvalue weighted by Crippen LogP contribution is -2.15. The van der Waals surface area contributed by atoms with Crippen molar-refractivity contribution in [2.75, 3.05) is 0 Å². The Labute approximate surface area is 61.8 Å². The van der Waals surface area contributed by atoms with E-state index in [9.17, 15) is 4.79 Å². The second-order valence-corrected chi connectivity index (χ2v) is 1.89. The van der Waals surface area contributed by atoms with Crippen LogP contribution in [0, 0.1) is 0 Å². The standard InChI is InChI=1S/C8H13NO/c1-4-6-9(7-5-2)8(3)10/h4-7H,1-3H3/b6-4+,7-5+. The number of nitrogens with zero attached hydrogens (tertiary/aromatic N) is 1. The van der Waals surface area contributed by atoms with Gasteiger partial charge in [0.15, 0.2) is 0 Å². The van der Waals surface area contributed by atoms with Crippen molar-refractivity contribution < 1.29 is 4.79 Å². The smallest absolute Gasteiger partial charge is 0.227 e. The molecule has 0 saturated carbocycles. The van der Waals surface area contributed by atoms with Gasteiger partial charge >= 0.3 is 0 Å². The summed E-state index contributed by atoms with van der Waals surface area (Å²) in [6, 6.07) is 0. The summed E-state index contributed by atoms with van der Waals surface area (Å²) in [5, 5.41) is 0. The zero-order valence-electron chi connectivity index (χ0n) is 6.66. The van der Waals surface area contributed by atoms with Crippen LogP contribution in [0.4, 0.5) is 0 Å². The fourth-order valence-corrected chi connectivity index (χ4v) is 0.581. The van der Waals surface area contributed by atoms with Crippen LogP contribution in [0.2, 0.25) is 0 Å². The second kappa shape index (κ2) is 4.79. The molecule has 0 aromatic rings. The molecule has 0 unspecified atom stereocenters. The molecule has 0 aliphatic rings. The van der Waals surface area contributed by atoms with Gasteiger partial charge in [0.2, 0.25) is 5.91 Å². The average molecular weight is 139 g/mol. The first-order valence-corrected chi connectivity index (χ1v) is 3.27. The first kappa shape index (κ1) is 8.95. The molecule has 10 heavy (non-hydrogen) atoms. The lowest BCUT2D eigenvalue weighted by Gasteiger charge is -2.08. The first-order chi connectivity index (χ1) is 4.72. The minimum absolute atomic E-state index is 0.0243. The van der Waals surface area contributed by atoms with Crippen molar-refractivity contribution in [3.8, 4) is 0 Å². The maximum Gasteiger partial charge on any atom is 0.227 e. The number of allylic oxidation sites excluding steroid dienone is 2. The fraction of sp³-hybridized carbons (Fsp3) is 0.375. The molecule has 0 spiro atoms. The molecular weight excluding hydrogens is 126 g/mol. The van der Waals surface area contributed by atoms with E-state index in [1.165, 1.54) is 11.8 Å². The van der Waals surface area contributed by atoms with E-state index in [2.05, 4.69) is 0 Å². The number of rotatable bonds is 2. The summed E-state index contributed by atoms with van der Waals surface area (Å²) in [6.07, 6.45) is 7.09. The molecule has 0 aromatic carbocycles. The third-order valence-corrected chi connectivity index (χ3v) is 0.983. The number of amides is 1. The molecule has 0 radical (unpaired) electrons. The molecule has 0 atom stereocenters. The zero-order chi connectivity index (χ0) is 7.98. The predicted molar refractivity (Wildman–Crippen MR) is 42.1 cm³/mol. The van der Waals surface area contributed by atoms with Crippen LogP contribution >= 0.6 is 0 Å². The summed E-state index contributed by atoms with van der Waals surface area (Å²) >= 11 is 0. The highest BCUT2D eigenvalue weighted by atomic mass is 16.2. The molecule has 0 bridgehead atoms. The third-order valence-electron chi connectivity index (χ3n) is 0.983. The molecule has 2 nitrogen and oxygen atoms in total. The number of hydrogen-bond acceptors (Lipinski definition) is 1. The number of carbonyl (C=O) groups is 1. The molecular formula is C8H13NO. The molecule has 0 aliphatic carbocycles. The second-order valence-electron chi connectivity index (χ2n) is 1.89. The van der Waals surface area contributed by atoms with E-state index < -0.39 is 0 Å². The van der Waals surface area contributed by atoms with E-state index in [4.69, 9.17) is 0 Å². The van der Waals surface area contributed by atoms with E-state index in [0.29, 0.717) is 0 Å². The van der Waals surface area contributed by atoms with Crippen molar-refractivity contribution in [2.45, 2.75) is 20.8 Å². The SMILES string of the molecule is C/C=C/N(/C=C/C)C(C)=O. The Bertz CT molecular complexity index is 147. The summed E-state index contributed by atoms with van der Waals surface area (Å²) in [7, 11) is 0. The highest BCUT2D eigenvalue weighted by Crippen LogP contribution is 1.91. The van der Waals surface area contributed by atoms with Gasteiger partial charge in [-0.3, -0.25) is 9.69 Å². The van der Waals surface area contributed by atoms with Gasteiger partial charge in [-0.2, -0.15) is 0 Å². The van der Waals surface area contributed by atoms with E-state index >= 15 is 0 Å². The van der Waals surface area contributed by atoms with Crippen LogP contribution in [-0.4, -0.2) is 10.8 Å². The van der Waals surface area contributed by atoms with Gasteiger partial charge in [-0.25, -0.2) is 0 Å². The molecule has 0 aliphatic heterocycles. The van der Waals surface area contributed by atoms with Gasteiger partial charge < -0.3 is 0 Å². The maximum absolute atomic E-state index is 10.7. The Morgan fingerprint density at radius 2 is 1.60 bits per heavy atom. The lowest BCUT2D eigenvalue weighted by atomic mass is 10.5. The molecule has 0 heterocycles. The van der Waals surface area contributed by atoms with Crippen LogP contribution in [0.25, 0.3) is 0 Å². The Kier molecular flexibility index (Phi) is 4.29. The van der Waals surface area contributed by atoms with Crippen LogP contribution in [0.1, 0.15) is 20.8 Å². The summed E-state index contributed by atoms with van der Waals surface area (Å²) in [5.74, 6) is 0.0243. The van der Waals surface area contributed by atoms with E-state index in [-0.39, 0.29) is 5.91 Å². The topological polar surface area (TPSA) is 20.3 Å². The number of hydrogen-bond donors (Lipinski definition) is 0. The highest BCUT2D eigenvalue weighted by molar-refractivity contribution is 5.75. The molecule has 0 N–H and O–H groups in total. The lowest BCUT2D eigenvalue weighted by molar-refractivity contribution is -0.124. The van der Waals surface area contributed by atoms with Gasteiger partial charge in [-0.05, 0) is 13.8 Å². The van der Waals surface area contributed by atoms with Crippen molar-refractivity contribution in [3.63, 3.8) is 0 Å². The van der Waals surface area contributed by atoms with Crippen molar-refractivity contribution in [1.29, 1.82) is 0 Å². The van der Waals surface area contributed by atoms with Gasteiger partial charge in [0.1, 0.15) is 0 Å². The van der Waals surface area contributed by atoms with Crippen molar-refractivity contribution in [3.05, 3.63) is 24.6 Å². The van der Waals surface area contributed by atoms with Crippen molar-refractivity contribution in [1.82, 2.24) is 4.90 Å². The van der Waals surface area contributed by atoms with Gasteiger partial charge in [0.25, 0.3) is 0 Å². The van der Waals surface area contributed by atoms with Crippen molar-refractivity contribution >= 4 is 5.91 Å². The summed E-state index contributed by atoms with van der Waals surface area (Å²) in [4.78, 5) is 12.3. The van der Waals surface area contributed by atoms with Crippen LogP contribution in [0.15, 0.2) is 24.6 Å². The fourth-order valence-electron chi connectivity index (χ4n) is 0.581. The Morgan fingerprint density at radius 3 is 1.80 bits per heavy atom. The van der Waals surface area contributed by atoms with E-state index in [0.717, 1.165) is 0 Å². The molecule has 0 saturated heterocycles.